The van der Waals surface area contributed by atoms with Gasteiger partial charge >= 0.3 is 0 Å². The van der Waals surface area contributed by atoms with E-state index < -0.39 is 10.0 Å². The third-order valence-corrected chi connectivity index (χ3v) is 5.22. The third-order valence-electron chi connectivity index (χ3n) is 3.31. The van der Waals surface area contributed by atoms with Gasteiger partial charge in [0.05, 0.1) is 11.5 Å². The summed E-state index contributed by atoms with van der Waals surface area (Å²) in [5, 5.41) is 0. The summed E-state index contributed by atoms with van der Waals surface area (Å²) in [5.74, 6) is 0.723. The van der Waals surface area contributed by atoms with Crippen molar-refractivity contribution in [3.05, 3.63) is 52.5 Å². The molecule has 2 aromatic carbocycles. The Balaban J connectivity index is 2.16. The number of benzene rings is 2. The highest BCUT2D eigenvalue weighted by Crippen LogP contribution is 2.24. The Morgan fingerprint density at radius 1 is 1.13 bits per heavy atom. The van der Waals surface area contributed by atoms with Gasteiger partial charge in [0.15, 0.2) is 0 Å². The fourth-order valence-electron chi connectivity index (χ4n) is 2.01. The van der Waals surface area contributed by atoms with Gasteiger partial charge in [-0.3, -0.25) is 4.72 Å². The number of rotatable bonds is 7. The molecule has 124 valence electrons. The number of unbranched alkanes of at least 4 members (excludes halogenated alkanes) is 1. The first-order chi connectivity index (χ1) is 10.9. The molecular weight excluding hydrogens is 378 g/mol. The van der Waals surface area contributed by atoms with Crippen molar-refractivity contribution in [3.63, 3.8) is 0 Å². The summed E-state index contributed by atoms with van der Waals surface area (Å²) in [5.41, 5.74) is 1.33. The van der Waals surface area contributed by atoms with Crippen LogP contribution < -0.4 is 9.46 Å². The van der Waals surface area contributed by atoms with Crippen molar-refractivity contribution in [1.29, 1.82) is 0 Å². The van der Waals surface area contributed by atoms with E-state index in [4.69, 9.17) is 4.74 Å². The van der Waals surface area contributed by atoms with Gasteiger partial charge in [-0.05, 0) is 61.4 Å². The molecule has 2 aromatic rings. The van der Waals surface area contributed by atoms with E-state index >= 15 is 0 Å². The van der Waals surface area contributed by atoms with Crippen LogP contribution in [0, 0.1) is 6.92 Å². The number of aryl methyl sites for hydroxylation is 1. The molecule has 4 nitrogen and oxygen atoms in total. The van der Waals surface area contributed by atoms with Crippen molar-refractivity contribution in [2.24, 2.45) is 0 Å². The minimum atomic E-state index is -3.61. The Morgan fingerprint density at radius 3 is 2.43 bits per heavy atom. The van der Waals surface area contributed by atoms with E-state index in [0.717, 1.165) is 28.6 Å². The zero-order valence-corrected chi connectivity index (χ0v) is 15.6. The molecule has 0 aliphatic heterocycles. The normalized spacial score (nSPS) is 11.3. The molecule has 0 atom stereocenters. The minimum Gasteiger partial charge on any atom is -0.493 e. The molecule has 6 heteroatoms. The highest BCUT2D eigenvalue weighted by Gasteiger charge is 2.15. The first kappa shape index (κ1) is 17.8. The molecular formula is C17H20BrNO3S. The Labute approximate surface area is 146 Å². The van der Waals surface area contributed by atoms with Crippen LogP contribution in [0.2, 0.25) is 0 Å². The van der Waals surface area contributed by atoms with Crippen molar-refractivity contribution in [2.75, 3.05) is 11.3 Å². The lowest BCUT2D eigenvalue weighted by atomic mass is 10.2. The summed E-state index contributed by atoms with van der Waals surface area (Å²) in [6.07, 6.45) is 2.03. The molecule has 2 rings (SSSR count). The molecule has 0 aromatic heterocycles. The van der Waals surface area contributed by atoms with Crippen molar-refractivity contribution >= 4 is 31.6 Å². The number of hydrogen-bond acceptors (Lipinski definition) is 3. The third kappa shape index (κ3) is 4.97. The summed E-state index contributed by atoms with van der Waals surface area (Å²) in [4.78, 5) is 0.223. The summed E-state index contributed by atoms with van der Waals surface area (Å²) in [6, 6.07) is 11.9. The second-order valence-electron chi connectivity index (χ2n) is 5.24. The van der Waals surface area contributed by atoms with Gasteiger partial charge in [0.1, 0.15) is 5.75 Å². The van der Waals surface area contributed by atoms with Crippen LogP contribution in [0.3, 0.4) is 0 Å². The van der Waals surface area contributed by atoms with Crippen LogP contribution >= 0.6 is 15.9 Å². The van der Waals surface area contributed by atoms with Crippen LogP contribution in [0.5, 0.6) is 5.75 Å². The van der Waals surface area contributed by atoms with Crippen LogP contribution in [0.15, 0.2) is 51.8 Å². The Kier molecular flexibility index (Phi) is 6.07. The molecule has 1 N–H and O–H groups in total. The largest absolute Gasteiger partial charge is 0.493 e. The Hall–Kier alpha value is -1.53. The maximum Gasteiger partial charge on any atom is 0.261 e. The van der Waals surface area contributed by atoms with E-state index in [9.17, 15) is 8.42 Å². The molecule has 0 fully saturated rings. The fourth-order valence-corrected chi connectivity index (χ4v) is 3.42. The predicted molar refractivity (Wildman–Crippen MR) is 96.5 cm³/mol. The monoisotopic (exact) mass is 397 g/mol. The number of nitrogens with one attached hydrogen (secondary N) is 1. The van der Waals surface area contributed by atoms with Crippen molar-refractivity contribution in [1.82, 2.24) is 0 Å². The highest BCUT2D eigenvalue weighted by atomic mass is 79.9. The van der Waals surface area contributed by atoms with Crippen LogP contribution in [-0.2, 0) is 10.0 Å². The topological polar surface area (TPSA) is 55.4 Å². The van der Waals surface area contributed by atoms with Gasteiger partial charge < -0.3 is 4.74 Å². The van der Waals surface area contributed by atoms with E-state index in [0.29, 0.717) is 12.3 Å². The Bertz CT molecular complexity index is 758. The number of sulfonamides is 1. The zero-order chi connectivity index (χ0) is 16.9. The Morgan fingerprint density at radius 2 is 1.83 bits per heavy atom. The van der Waals surface area contributed by atoms with E-state index in [1.807, 2.05) is 6.92 Å². The smallest absolute Gasteiger partial charge is 0.261 e. The lowest BCUT2D eigenvalue weighted by Crippen LogP contribution is -2.13. The van der Waals surface area contributed by atoms with Gasteiger partial charge in [-0.1, -0.05) is 29.3 Å². The predicted octanol–water partition coefficient (Wildman–Crippen LogP) is 4.74. The maximum absolute atomic E-state index is 12.4. The summed E-state index contributed by atoms with van der Waals surface area (Å²) in [6.45, 7) is 4.58. The molecule has 0 spiro atoms. The molecule has 0 heterocycles. The van der Waals surface area contributed by atoms with Crippen LogP contribution in [0.25, 0.3) is 0 Å². The average Bonchev–Trinajstić information content (AvgIpc) is 2.51. The van der Waals surface area contributed by atoms with Gasteiger partial charge in [0.2, 0.25) is 0 Å². The van der Waals surface area contributed by atoms with Crippen LogP contribution in [0.1, 0.15) is 25.3 Å². The second kappa shape index (κ2) is 7.84. The summed E-state index contributed by atoms with van der Waals surface area (Å²) < 4.78 is 34.0. The van der Waals surface area contributed by atoms with Crippen molar-refractivity contribution < 1.29 is 13.2 Å². The van der Waals surface area contributed by atoms with Gasteiger partial charge in [-0.2, -0.15) is 0 Å². The number of hydrogen-bond donors (Lipinski definition) is 1. The van der Waals surface area contributed by atoms with E-state index in [1.165, 1.54) is 0 Å². The molecule has 0 saturated carbocycles. The van der Waals surface area contributed by atoms with Gasteiger partial charge in [-0.25, -0.2) is 8.42 Å². The highest BCUT2D eigenvalue weighted by molar-refractivity contribution is 9.10. The van der Waals surface area contributed by atoms with Crippen molar-refractivity contribution in [3.8, 4) is 5.75 Å². The molecule has 23 heavy (non-hydrogen) atoms. The number of halogens is 1. The lowest BCUT2D eigenvalue weighted by Gasteiger charge is -2.12. The standard InChI is InChI=1S/C17H20BrNO3S/c1-3-4-11-22-17-10-9-16(12-13(17)2)23(20,21)19-15-7-5-14(18)6-8-15/h5-10,12,19H,3-4,11H2,1-2H3. The average molecular weight is 398 g/mol. The zero-order valence-electron chi connectivity index (χ0n) is 13.2. The fraction of sp³-hybridized carbons (Fsp3) is 0.294. The molecule has 0 aliphatic rings. The molecule has 0 aliphatic carbocycles. The second-order valence-corrected chi connectivity index (χ2v) is 7.84. The summed E-state index contributed by atoms with van der Waals surface area (Å²) >= 11 is 3.32. The van der Waals surface area contributed by atoms with E-state index in [2.05, 4.69) is 27.6 Å². The molecule has 0 amide bonds. The van der Waals surface area contributed by atoms with Gasteiger partial charge in [-0.15, -0.1) is 0 Å². The van der Waals surface area contributed by atoms with Gasteiger partial charge in [0.25, 0.3) is 10.0 Å². The van der Waals surface area contributed by atoms with E-state index in [1.54, 1.807) is 42.5 Å². The van der Waals surface area contributed by atoms with E-state index in [-0.39, 0.29) is 4.90 Å². The lowest BCUT2D eigenvalue weighted by molar-refractivity contribution is 0.307. The first-order valence-corrected chi connectivity index (χ1v) is 9.72. The molecule has 0 saturated heterocycles. The molecule has 0 radical (unpaired) electrons. The SMILES string of the molecule is CCCCOc1ccc(S(=O)(=O)Nc2ccc(Br)cc2)cc1C. The maximum atomic E-state index is 12.4. The van der Waals surface area contributed by atoms with Gasteiger partial charge in [0, 0.05) is 10.2 Å². The number of ether oxygens (including phenoxy) is 1. The summed E-state index contributed by atoms with van der Waals surface area (Å²) in [7, 11) is -3.61. The first-order valence-electron chi connectivity index (χ1n) is 7.44. The van der Waals surface area contributed by atoms with Crippen LogP contribution in [0.4, 0.5) is 5.69 Å². The quantitative estimate of drug-likeness (QED) is 0.686. The molecule has 0 bridgehead atoms. The van der Waals surface area contributed by atoms with Crippen LogP contribution in [-0.4, -0.2) is 15.0 Å². The minimum absolute atomic E-state index is 0.223. The molecule has 0 unspecified atom stereocenters. The van der Waals surface area contributed by atoms with Crippen molar-refractivity contribution in [2.45, 2.75) is 31.6 Å². The number of anilines is 1.